The first-order valence-corrected chi connectivity index (χ1v) is 15.4. The van der Waals surface area contributed by atoms with Gasteiger partial charge >= 0.3 is 0 Å². The second-order valence-corrected chi connectivity index (χ2v) is 11.9. The predicted octanol–water partition coefficient (Wildman–Crippen LogP) is 8.60. The summed E-state index contributed by atoms with van der Waals surface area (Å²) in [5.41, 5.74) is 7.49. The number of fused-ring (bicyclic) bond motifs is 20. The highest BCUT2D eigenvalue weighted by atomic mass is 32.1. The van der Waals surface area contributed by atoms with E-state index in [-0.39, 0.29) is 0 Å². The van der Waals surface area contributed by atoms with E-state index in [2.05, 4.69) is 45.7 Å². The van der Waals surface area contributed by atoms with Crippen LogP contribution in [0.25, 0.3) is 100 Å². The fourth-order valence-electron chi connectivity index (χ4n) is 6.33. The molecule has 2 aliphatic rings. The minimum absolute atomic E-state index is 0.590. The van der Waals surface area contributed by atoms with E-state index >= 15 is 0 Å². The normalized spacial score (nSPS) is 12.0. The number of nitrogens with zero attached hydrogens (tertiary/aromatic N) is 6. The summed E-state index contributed by atoms with van der Waals surface area (Å²) in [7, 11) is 0. The zero-order chi connectivity index (χ0) is 29.5. The Labute approximate surface area is 259 Å². The highest BCUT2D eigenvalue weighted by Gasteiger charge is 2.22. The Bertz CT molecular complexity index is 2660. The minimum atomic E-state index is 0.590. The van der Waals surface area contributed by atoms with E-state index in [9.17, 15) is 0 Å². The molecule has 8 bridgehead atoms. The van der Waals surface area contributed by atoms with E-state index in [1.165, 1.54) is 0 Å². The highest BCUT2D eigenvalue weighted by molar-refractivity contribution is 7.13. The maximum Gasteiger partial charge on any atom is 0.164 e. The number of hydrogen-bond donors (Lipinski definition) is 2. The summed E-state index contributed by atoms with van der Waals surface area (Å²) in [5, 5.41) is 5.92. The maximum atomic E-state index is 5.19. The Balaban J connectivity index is 1.43. The zero-order valence-corrected chi connectivity index (χ0v) is 24.3. The maximum absolute atomic E-state index is 5.19. The van der Waals surface area contributed by atoms with E-state index in [1.54, 1.807) is 11.3 Å². The van der Waals surface area contributed by atoms with Crippen LogP contribution in [0.4, 0.5) is 0 Å². The van der Waals surface area contributed by atoms with Crippen LogP contribution in [0.2, 0.25) is 0 Å². The van der Waals surface area contributed by atoms with E-state index in [0.717, 1.165) is 54.2 Å². The second kappa shape index (κ2) is 9.22. The fraction of sp³-hybridized carbons (Fsp3) is 0. The van der Waals surface area contributed by atoms with Crippen molar-refractivity contribution in [1.82, 2.24) is 39.9 Å². The summed E-state index contributed by atoms with van der Waals surface area (Å²) in [5.74, 6) is 2.36. The summed E-state index contributed by atoms with van der Waals surface area (Å²) in [6.07, 6.45) is 0. The third-order valence-electron chi connectivity index (χ3n) is 8.37. The van der Waals surface area contributed by atoms with Gasteiger partial charge in [0.05, 0.1) is 0 Å². The molecular formula is C36H20N8S. The molecule has 0 saturated heterocycles. The summed E-state index contributed by atoms with van der Waals surface area (Å²) in [6, 6.07) is 34.7. The lowest BCUT2D eigenvalue weighted by atomic mass is 10.1. The molecule has 0 atom stereocenters. The van der Waals surface area contributed by atoms with Gasteiger partial charge in [-0.25, -0.2) is 29.9 Å². The van der Waals surface area contributed by atoms with Crippen LogP contribution in [-0.4, -0.2) is 39.9 Å². The molecule has 45 heavy (non-hydrogen) atoms. The first-order valence-electron chi connectivity index (χ1n) is 14.6. The average Bonchev–Trinajstić information content (AvgIpc) is 3.91. The van der Waals surface area contributed by atoms with Gasteiger partial charge in [0.15, 0.2) is 23.3 Å². The Morgan fingerprint density at radius 2 is 0.822 bits per heavy atom. The van der Waals surface area contributed by atoms with Crippen molar-refractivity contribution >= 4 is 55.5 Å². The molecule has 4 aromatic carbocycles. The van der Waals surface area contributed by atoms with Crippen LogP contribution in [0.3, 0.4) is 0 Å². The Kier molecular flexibility index (Phi) is 5.00. The lowest BCUT2D eigenvalue weighted by molar-refractivity contribution is 1.19. The summed E-state index contributed by atoms with van der Waals surface area (Å²) in [6.45, 7) is 0. The standard InChI is InChI=1S/C36H20N8S/c1-2-10-20-19(9-1)29-37-30(20)39-32-23-13-5-6-14-24(23)34(41-32)43-36-28-25(27-17-8-18-45-27)15-7-16-26(28)35(44-36)42-33-22-12-4-3-11-21(22)31(38-29)40-33/h1-18H,(H2,37,38,39,40,41,42,43,44). The molecule has 2 N–H and O–H groups in total. The largest absolute Gasteiger partial charge is 0.324 e. The van der Waals surface area contributed by atoms with Crippen molar-refractivity contribution in [2.75, 3.05) is 0 Å². The number of aromatic nitrogens is 8. The molecule has 0 spiro atoms. The van der Waals surface area contributed by atoms with Crippen molar-refractivity contribution in [3.05, 3.63) is 109 Å². The van der Waals surface area contributed by atoms with Gasteiger partial charge in [-0.2, -0.15) is 0 Å². The van der Waals surface area contributed by atoms with Crippen LogP contribution < -0.4 is 0 Å². The fourth-order valence-corrected chi connectivity index (χ4v) is 7.09. The Morgan fingerprint density at radius 3 is 1.36 bits per heavy atom. The molecule has 0 fully saturated rings. The quantitative estimate of drug-likeness (QED) is 0.196. The van der Waals surface area contributed by atoms with Crippen molar-refractivity contribution < 1.29 is 0 Å². The Hall–Kier alpha value is -6.06. The number of thiophene rings is 1. The first kappa shape index (κ1) is 24.4. The number of aromatic amines is 2. The van der Waals surface area contributed by atoms with Gasteiger partial charge in [-0.05, 0) is 11.4 Å². The van der Waals surface area contributed by atoms with E-state index in [1.807, 2.05) is 72.8 Å². The third-order valence-corrected chi connectivity index (χ3v) is 9.27. The van der Waals surface area contributed by atoms with Crippen molar-refractivity contribution in [3.63, 3.8) is 0 Å². The molecular weight excluding hydrogens is 577 g/mol. The molecule has 0 radical (unpaired) electrons. The molecule has 0 unspecified atom stereocenters. The van der Waals surface area contributed by atoms with Gasteiger partial charge in [-0.15, -0.1) is 11.3 Å². The van der Waals surface area contributed by atoms with E-state index in [0.29, 0.717) is 45.9 Å². The molecule has 2 aliphatic heterocycles. The monoisotopic (exact) mass is 596 g/mol. The van der Waals surface area contributed by atoms with Crippen LogP contribution in [0, 0.1) is 0 Å². The molecule has 9 heteroatoms. The van der Waals surface area contributed by atoms with Gasteiger partial charge in [0, 0.05) is 54.2 Å². The zero-order valence-electron chi connectivity index (χ0n) is 23.5. The highest BCUT2D eigenvalue weighted by Crippen LogP contribution is 2.39. The molecule has 0 saturated carbocycles. The summed E-state index contributed by atoms with van der Waals surface area (Å²) in [4.78, 5) is 38.6. The molecule has 8 nitrogen and oxygen atoms in total. The second-order valence-electron chi connectivity index (χ2n) is 11.0. The number of benzene rings is 4. The molecule has 4 aromatic heterocycles. The Morgan fingerprint density at radius 1 is 0.378 bits per heavy atom. The van der Waals surface area contributed by atoms with Crippen molar-refractivity contribution in [1.29, 1.82) is 0 Å². The molecule has 8 aromatic rings. The van der Waals surface area contributed by atoms with E-state index in [4.69, 9.17) is 29.9 Å². The molecule has 10 rings (SSSR count). The average molecular weight is 597 g/mol. The van der Waals surface area contributed by atoms with Gasteiger partial charge in [0.2, 0.25) is 0 Å². The molecule has 0 amide bonds. The van der Waals surface area contributed by atoms with Crippen molar-refractivity contribution in [2.45, 2.75) is 0 Å². The molecule has 0 aliphatic carbocycles. The van der Waals surface area contributed by atoms with Gasteiger partial charge in [0.25, 0.3) is 0 Å². The summed E-state index contributed by atoms with van der Waals surface area (Å²) < 4.78 is 0. The van der Waals surface area contributed by atoms with Crippen LogP contribution in [-0.2, 0) is 0 Å². The number of hydrogen-bond acceptors (Lipinski definition) is 7. The molecule has 6 heterocycles. The third kappa shape index (κ3) is 3.65. The number of H-pyrrole nitrogens is 2. The van der Waals surface area contributed by atoms with E-state index < -0.39 is 0 Å². The van der Waals surface area contributed by atoms with Gasteiger partial charge < -0.3 is 9.97 Å². The minimum Gasteiger partial charge on any atom is -0.324 e. The molecule has 210 valence electrons. The van der Waals surface area contributed by atoms with Crippen molar-refractivity contribution in [3.8, 4) is 56.0 Å². The lowest BCUT2D eigenvalue weighted by Gasteiger charge is -2.01. The predicted molar refractivity (Wildman–Crippen MR) is 179 cm³/mol. The number of nitrogens with one attached hydrogen (secondary N) is 2. The lowest BCUT2D eigenvalue weighted by Crippen LogP contribution is -1.83. The van der Waals surface area contributed by atoms with Crippen LogP contribution in [0.1, 0.15) is 0 Å². The summed E-state index contributed by atoms with van der Waals surface area (Å²) >= 11 is 1.70. The van der Waals surface area contributed by atoms with Crippen LogP contribution in [0.15, 0.2) is 109 Å². The van der Waals surface area contributed by atoms with Crippen LogP contribution >= 0.6 is 11.3 Å². The van der Waals surface area contributed by atoms with Gasteiger partial charge in [-0.1, -0.05) is 97.1 Å². The van der Waals surface area contributed by atoms with Crippen molar-refractivity contribution in [2.24, 2.45) is 0 Å². The van der Waals surface area contributed by atoms with Gasteiger partial charge in [0.1, 0.15) is 22.6 Å². The number of rotatable bonds is 1. The first-order chi connectivity index (χ1) is 22.3. The SMILES string of the molecule is c1csc(-c2cccc3c4nc5nc(nc6[nH]c(nc7nc(nc([nH]4)c23)-c2ccccc2-7)c2ccccc62)-c2ccccc2-5)c1. The topological polar surface area (TPSA) is 109 Å². The smallest absolute Gasteiger partial charge is 0.164 e. The van der Waals surface area contributed by atoms with Gasteiger partial charge in [-0.3, -0.25) is 0 Å². The van der Waals surface area contributed by atoms with Crippen LogP contribution in [0.5, 0.6) is 0 Å².